The molecule has 54 heavy (non-hydrogen) atoms. The third-order valence-corrected chi connectivity index (χ3v) is 10.5. The molecule has 0 unspecified atom stereocenters. The number of rotatable bonds is 7. The van der Waals surface area contributed by atoms with E-state index in [9.17, 15) is 0 Å². The Morgan fingerprint density at radius 1 is 0.315 bits per heavy atom. The van der Waals surface area contributed by atoms with E-state index >= 15 is 0 Å². The highest BCUT2D eigenvalue weighted by Crippen LogP contribution is 2.47. The van der Waals surface area contributed by atoms with E-state index in [1.165, 1.54) is 44.3 Å². The standard InChI is InChI=1S/C52H35NO/c1-4-16-36(17-5-1)37-30-32-38(33-31-37)40-20-14-23-42(34-40)53(41-21-8-3-9-22-41)49-28-15-29-50-51(49)48-35-47(45-26-12-13-27-46(45)52(48)54-50)44-25-11-10-24-43(44)39-18-6-2-7-19-39/h1-35H. The molecular weight excluding hydrogens is 655 g/mol. The topological polar surface area (TPSA) is 16.4 Å². The van der Waals surface area contributed by atoms with Gasteiger partial charge >= 0.3 is 0 Å². The number of furan rings is 1. The number of anilines is 3. The van der Waals surface area contributed by atoms with Gasteiger partial charge in [-0.1, -0.05) is 170 Å². The van der Waals surface area contributed by atoms with Crippen LogP contribution in [0.5, 0.6) is 0 Å². The van der Waals surface area contributed by atoms with E-state index in [4.69, 9.17) is 4.42 Å². The van der Waals surface area contributed by atoms with Crippen LogP contribution in [-0.4, -0.2) is 0 Å². The molecule has 0 saturated carbocycles. The van der Waals surface area contributed by atoms with Crippen LogP contribution in [0.1, 0.15) is 0 Å². The number of hydrogen-bond donors (Lipinski definition) is 0. The van der Waals surface area contributed by atoms with Gasteiger partial charge in [-0.3, -0.25) is 0 Å². The number of nitrogens with zero attached hydrogens (tertiary/aromatic N) is 1. The molecular formula is C52H35NO. The Morgan fingerprint density at radius 2 is 0.852 bits per heavy atom. The van der Waals surface area contributed by atoms with Gasteiger partial charge in [-0.2, -0.15) is 0 Å². The van der Waals surface area contributed by atoms with Crippen LogP contribution in [0.4, 0.5) is 17.1 Å². The summed E-state index contributed by atoms with van der Waals surface area (Å²) in [7, 11) is 0. The highest BCUT2D eigenvalue weighted by Gasteiger charge is 2.22. The summed E-state index contributed by atoms with van der Waals surface area (Å²) in [6.07, 6.45) is 0. The predicted molar refractivity (Wildman–Crippen MR) is 228 cm³/mol. The van der Waals surface area contributed by atoms with Crippen molar-refractivity contribution in [2.45, 2.75) is 0 Å². The molecule has 2 heteroatoms. The maximum absolute atomic E-state index is 6.85. The van der Waals surface area contributed by atoms with Crippen LogP contribution in [-0.2, 0) is 0 Å². The number of fused-ring (bicyclic) bond motifs is 5. The highest BCUT2D eigenvalue weighted by molar-refractivity contribution is 6.23. The van der Waals surface area contributed by atoms with E-state index in [2.05, 4.69) is 217 Å². The molecule has 10 aromatic rings. The molecule has 1 aromatic heterocycles. The molecule has 0 radical (unpaired) electrons. The average Bonchev–Trinajstić information content (AvgIpc) is 3.64. The summed E-state index contributed by atoms with van der Waals surface area (Å²) < 4.78 is 6.85. The lowest BCUT2D eigenvalue weighted by Gasteiger charge is -2.26. The Hall–Kier alpha value is -7.16. The van der Waals surface area contributed by atoms with Crippen LogP contribution in [0.15, 0.2) is 217 Å². The summed E-state index contributed by atoms with van der Waals surface area (Å²) in [6, 6.07) is 75.7. The van der Waals surface area contributed by atoms with E-state index in [0.29, 0.717) is 0 Å². The zero-order valence-electron chi connectivity index (χ0n) is 29.6. The van der Waals surface area contributed by atoms with Crippen LogP contribution in [0, 0.1) is 0 Å². The van der Waals surface area contributed by atoms with Gasteiger partial charge in [-0.15, -0.1) is 0 Å². The Morgan fingerprint density at radius 3 is 1.59 bits per heavy atom. The van der Waals surface area contributed by atoms with Gasteiger partial charge < -0.3 is 9.32 Å². The van der Waals surface area contributed by atoms with Crippen molar-refractivity contribution >= 4 is 49.8 Å². The Labute approximate surface area is 314 Å². The molecule has 2 nitrogen and oxygen atoms in total. The van der Waals surface area contributed by atoms with Crippen LogP contribution < -0.4 is 4.90 Å². The molecule has 0 bridgehead atoms. The normalized spacial score (nSPS) is 11.3. The van der Waals surface area contributed by atoms with Crippen molar-refractivity contribution in [1.82, 2.24) is 0 Å². The fourth-order valence-electron chi connectivity index (χ4n) is 7.94. The van der Waals surface area contributed by atoms with Crippen LogP contribution in [0.25, 0.3) is 77.2 Å². The van der Waals surface area contributed by atoms with E-state index in [0.717, 1.165) is 50.0 Å². The zero-order valence-corrected chi connectivity index (χ0v) is 29.6. The van der Waals surface area contributed by atoms with Crippen molar-refractivity contribution in [3.8, 4) is 44.5 Å². The van der Waals surface area contributed by atoms with E-state index in [-0.39, 0.29) is 0 Å². The van der Waals surface area contributed by atoms with Crippen molar-refractivity contribution in [2.75, 3.05) is 4.90 Å². The van der Waals surface area contributed by atoms with Crippen molar-refractivity contribution in [3.63, 3.8) is 0 Å². The lowest BCUT2D eigenvalue weighted by molar-refractivity contribution is 0.672. The number of hydrogen-bond acceptors (Lipinski definition) is 2. The molecule has 0 aliphatic heterocycles. The van der Waals surface area contributed by atoms with Crippen LogP contribution in [0.3, 0.4) is 0 Å². The lowest BCUT2D eigenvalue weighted by atomic mass is 9.90. The minimum absolute atomic E-state index is 0.856. The fraction of sp³-hybridized carbons (Fsp3) is 0. The van der Waals surface area contributed by atoms with Crippen molar-refractivity contribution in [1.29, 1.82) is 0 Å². The first-order valence-electron chi connectivity index (χ1n) is 18.4. The molecule has 254 valence electrons. The maximum Gasteiger partial charge on any atom is 0.143 e. The molecule has 0 amide bonds. The number of para-hydroxylation sites is 1. The molecule has 0 N–H and O–H groups in total. The molecule has 0 aliphatic rings. The molecule has 0 atom stereocenters. The monoisotopic (exact) mass is 689 g/mol. The molecule has 9 aromatic carbocycles. The van der Waals surface area contributed by atoms with Crippen molar-refractivity contribution in [3.05, 3.63) is 212 Å². The second-order valence-corrected chi connectivity index (χ2v) is 13.7. The summed E-state index contributed by atoms with van der Waals surface area (Å²) in [6.45, 7) is 0. The summed E-state index contributed by atoms with van der Waals surface area (Å²) >= 11 is 0. The van der Waals surface area contributed by atoms with Crippen molar-refractivity contribution < 1.29 is 4.42 Å². The molecule has 0 saturated heterocycles. The van der Waals surface area contributed by atoms with Gasteiger partial charge in [-0.25, -0.2) is 0 Å². The van der Waals surface area contributed by atoms with Crippen molar-refractivity contribution in [2.24, 2.45) is 0 Å². The van der Waals surface area contributed by atoms with Crippen LogP contribution >= 0.6 is 0 Å². The SMILES string of the molecule is c1ccc(-c2ccc(-c3cccc(N(c4ccccc4)c4cccc5oc6c7ccccc7c(-c7ccccc7-c7ccccc7)cc6c45)c3)cc2)cc1. The Kier molecular flexibility index (Phi) is 7.85. The van der Waals surface area contributed by atoms with Gasteiger partial charge in [0.05, 0.1) is 11.1 Å². The highest BCUT2D eigenvalue weighted by atomic mass is 16.3. The van der Waals surface area contributed by atoms with Gasteiger partial charge in [0.15, 0.2) is 0 Å². The molecule has 1 heterocycles. The van der Waals surface area contributed by atoms with E-state index in [1.54, 1.807) is 0 Å². The molecule has 10 rings (SSSR count). The summed E-state index contributed by atoms with van der Waals surface area (Å²) in [5.41, 5.74) is 14.5. The van der Waals surface area contributed by atoms with Crippen LogP contribution in [0.2, 0.25) is 0 Å². The predicted octanol–water partition coefficient (Wildman–Crippen LogP) is 14.9. The van der Waals surface area contributed by atoms with Gasteiger partial charge in [0.25, 0.3) is 0 Å². The summed E-state index contributed by atoms with van der Waals surface area (Å²) in [5, 5.41) is 4.44. The minimum Gasteiger partial charge on any atom is -0.455 e. The van der Waals surface area contributed by atoms with Gasteiger partial charge in [-0.05, 0) is 92.4 Å². The largest absolute Gasteiger partial charge is 0.455 e. The molecule has 0 fully saturated rings. The first kappa shape index (κ1) is 31.6. The first-order valence-corrected chi connectivity index (χ1v) is 18.4. The Bertz CT molecular complexity index is 2910. The molecule has 0 spiro atoms. The Balaban J connectivity index is 1.18. The maximum atomic E-state index is 6.85. The summed E-state index contributed by atoms with van der Waals surface area (Å²) in [5.74, 6) is 0. The first-order chi connectivity index (χ1) is 26.8. The fourth-order valence-corrected chi connectivity index (χ4v) is 7.94. The van der Waals surface area contributed by atoms with E-state index in [1.807, 2.05) is 0 Å². The third-order valence-electron chi connectivity index (χ3n) is 10.5. The van der Waals surface area contributed by atoms with E-state index < -0.39 is 0 Å². The second-order valence-electron chi connectivity index (χ2n) is 13.7. The summed E-state index contributed by atoms with van der Waals surface area (Å²) in [4.78, 5) is 2.37. The third kappa shape index (κ3) is 5.53. The lowest BCUT2D eigenvalue weighted by Crippen LogP contribution is -2.10. The minimum atomic E-state index is 0.856. The van der Waals surface area contributed by atoms with Gasteiger partial charge in [0, 0.05) is 22.1 Å². The quantitative estimate of drug-likeness (QED) is 0.166. The zero-order chi connectivity index (χ0) is 35.8. The van der Waals surface area contributed by atoms with Gasteiger partial charge in [0.1, 0.15) is 11.2 Å². The average molecular weight is 690 g/mol. The van der Waals surface area contributed by atoms with Gasteiger partial charge in [0.2, 0.25) is 0 Å². The smallest absolute Gasteiger partial charge is 0.143 e. The molecule has 0 aliphatic carbocycles. The second kappa shape index (κ2) is 13.4. The number of benzene rings is 9.